The second kappa shape index (κ2) is 4.77. The summed E-state index contributed by atoms with van der Waals surface area (Å²) in [5.74, 6) is 0. The van der Waals surface area contributed by atoms with Crippen LogP contribution in [0.4, 0.5) is 0 Å². The first-order chi connectivity index (χ1) is 5.83. The van der Waals surface area contributed by atoms with E-state index < -0.39 is 0 Å². The number of aliphatic hydroxyl groups excluding tert-OH is 2. The van der Waals surface area contributed by atoms with Crippen LogP contribution in [0.15, 0.2) is 0 Å². The fourth-order valence-corrected chi connectivity index (χ4v) is 1.47. The molecule has 1 fully saturated rings. The van der Waals surface area contributed by atoms with Crippen molar-refractivity contribution in [3.8, 4) is 0 Å². The van der Waals surface area contributed by atoms with Crippen molar-refractivity contribution in [3.63, 3.8) is 0 Å². The smallest absolute Gasteiger partial charge is 0.0615 e. The molecule has 4 nitrogen and oxygen atoms in total. The van der Waals surface area contributed by atoms with Crippen LogP contribution in [0.25, 0.3) is 0 Å². The summed E-state index contributed by atoms with van der Waals surface area (Å²) >= 11 is 0. The molecule has 12 heavy (non-hydrogen) atoms. The molecule has 1 aliphatic rings. The van der Waals surface area contributed by atoms with Crippen molar-refractivity contribution in [2.75, 3.05) is 33.0 Å². The van der Waals surface area contributed by atoms with Crippen molar-refractivity contribution in [1.29, 1.82) is 0 Å². The normalized spacial score (nSPS) is 22.5. The van der Waals surface area contributed by atoms with Crippen molar-refractivity contribution < 1.29 is 14.9 Å². The number of rotatable bonds is 4. The molecular formula is C8H17NO3. The van der Waals surface area contributed by atoms with E-state index in [2.05, 4.69) is 5.32 Å². The van der Waals surface area contributed by atoms with Crippen LogP contribution in [-0.4, -0.2) is 48.7 Å². The molecule has 4 heteroatoms. The second-order valence-electron chi connectivity index (χ2n) is 3.20. The quantitative estimate of drug-likeness (QED) is 0.519. The van der Waals surface area contributed by atoms with E-state index in [1.165, 1.54) is 0 Å². The maximum atomic E-state index is 9.17. The van der Waals surface area contributed by atoms with E-state index in [1.807, 2.05) is 0 Å². The molecule has 0 aliphatic carbocycles. The van der Waals surface area contributed by atoms with Gasteiger partial charge in [-0.15, -0.1) is 0 Å². The summed E-state index contributed by atoms with van der Waals surface area (Å²) in [7, 11) is 0. The number of nitrogens with one attached hydrogen (secondary N) is 1. The van der Waals surface area contributed by atoms with Crippen LogP contribution in [0.1, 0.15) is 12.8 Å². The lowest BCUT2D eigenvalue weighted by molar-refractivity contribution is 0.0104. The lowest BCUT2D eigenvalue weighted by atomic mass is 9.91. The predicted octanol–water partition coefficient (Wildman–Crippen LogP) is -0.890. The summed E-state index contributed by atoms with van der Waals surface area (Å²) in [5, 5.41) is 21.0. The zero-order valence-electron chi connectivity index (χ0n) is 7.25. The molecule has 1 aliphatic heterocycles. The predicted molar refractivity (Wildman–Crippen MR) is 45.0 cm³/mol. The first-order valence-electron chi connectivity index (χ1n) is 4.37. The molecule has 0 bridgehead atoms. The molecule has 0 aromatic heterocycles. The maximum Gasteiger partial charge on any atom is 0.0615 e. The van der Waals surface area contributed by atoms with Gasteiger partial charge in [-0.2, -0.15) is 0 Å². The van der Waals surface area contributed by atoms with E-state index in [-0.39, 0.29) is 18.8 Å². The topological polar surface area (TPSA) is 61.7 Å². The van der Waals surface area contributed by atoms with Crippen molar-refractivity contribution in [1.82, 2.24) is 5.32 Å². The SMILES string of the molecule is OCCNC1(CO)CCOCC1. The molecule has 0 radical (unpaired) electrons. The van der Waals surface area contributed by atoms with Crippen LogP contribution in [0, 0.1) is 0 Å². The third kappa shape index (κ3) is 2.42. The Balaban J connectivity index is 2.37. The van der Waals surface area contributed by atoms with Crippen molar-refractivity contribution >= 4 is 0 Å². The summed E-state index contributed by atoms with van der Waals surface area (Å²) in [6.45, 7) is 2.16. The molecule has 0 aromatic carbocycles. The highest BCUT2D eigenvalue weighted by Gasteiger charge is 2.30. The minimum atomic E-state index is -0.207. The van der Waals surface area contributed by atoms with Gasteiger partial charge >= 0.3 is 0 Å². The zero-order valence-corrected chi connectivity index (χ0v) is 7.25. The molecule has 0 saturated carbocycles. The van der Waals surface area contributed by atoms with Crippen molar-refractivity contribution in [2.24, 2.45) is 0 Å². The Hall–Kier alpha value is -0.160. The fraction of sp³-hybridized carbons (Fsp3) is 1.00. The Kier molecular flexibility index (Phi) is 3.94. The molecule has 0 amide bonds. The van der Waals surface area contributed by atoms with Gasteiger partial charge < -0.3 is 20.3 Å². The van der Waals surface area contributed by atoms with Crippen LogP contribution in [0.3, 0.4) is 0 Å². The van der Waals surface area contributed by atoms with E-state index in [9.17, 15) is 0 Å². The molecule has 72 valence electrons. The molecule has 0 spiro atoms. The van der Waals surface area contributed by atoms with E-state index in [0.717, 1.165) is 12.8 Å². The number of hydrogen-bond donors (Lipinski definition) is 3. The molecule has 0 aromatic rings. The van der Waals surface area contributed by atoms with Gasteiger partial charge in [0.1, 0.15) is 0 Å². The first-order valence-corrected chi connectivity index (χ1v) is 4.37. The lowest BCUT2D eigenvalue weighted by Crippen LogP contribution is -2.53. The van der Waals surface area contributed by atoms with Gasteiger partial charge in [0.15, 0.2) is 0 Å². The van der Waals surface area contributed by atoms with Crippen LogP contribution < -0.4 is 5.32 Å². The minimum Gasteiger partial charge on any atom is -0.395 e. The van der Waals surface area contributed by atoms with Gasteiger partial charge in [-0.25, -0.2) is 0 Å². The molecule has 1 saturated heterocycles. The molecule has 1 rings (SSSR count). The summed E-state index contributed by atoms with van der Waals surface area (Å²) in [5.41, 5.74) is -0.207. The summed E-state index contributed by atoms with van der Waals surface area (Å²) in [4.78, 5) is 0. The average molecular weight is 175 g/mol. The summed E-state index contributed by atoms with van der Waals surface area (Å²) < 4.78 is 5.19. The van der Waals surface area contributed by atoms with Crippen LogP contribution >= 0.6 is 0 Å². The van der Waals surface area contributed by atoms with Gasteiger partial charge in [-0.05, 0) is 12.8 Å². The minimum absolute atomic E-state index is 0.114. The van der Waals surface area contributed by atoms with Crippen LogP contribution in [-0.2, 0) is 4.74 Å². The molecule has 3 N–H and O–H groups in total. The molecule has 1 heterocycles. The van der Waals surface area contributed by atoms with E-state index >= 15 is 0 Å². The highest BCUT2D eigenvalue weighted by molar-refractivity contribution is 4.89. The Morgan fingerprint density at radius 3 is 2.42 bits per heavy atom. The second-order valence-corrected chi connectivity index (χ2v) is 3.20. The van der Waals surface area contributed by atoms with E-state index in [1.54, 1.807) is 0 Å². The largest absolute Gasteiger partial charge is 0.395 e. The van der Waals surface area contributed by atoms with Crippen molar-refractivity contribution in [2.45, 2.75) is 18.4 Å². The summed E-state index contributed by atoms with van der Waals surface area (Å²) in [6, 6.07) is 0. The zero-order chi connectivity index (χ0) is 8.86. The number of β-amino-alcohol motifs (C(OH)–C–C–N with tert-alkyl or cyclic N) is 1. The Morgan fingerprint density at radius 1 is 1.25 bits per heavy atom. The highest BCUT2D eigenvalue weighted by atomic mass is 16.5. The van der Waals surface area contributed by atoms with Crippen LogP contribution in [0.2, 0.25) is 0 Å². The third-order valence-electron chi connectivity index (χ3n) is 2.36. The Labute approximate surface area is 72.5 Å². The van der Waals surface area contributed by atoms with E-state index in [4.69, 9.17) is 14.9 Å². The standard InChI is InChI=1S/C8H17NO3/c10-4-3-9-8(7-11)1-5-12-6-2-8/h9-11H,1-7H2. The van der Waals surface area contributed by atoms with Gasteiger partial charge in [-0.1, -0.05) is 0 Å². The van der Waals surface area contributed by atoms with Gasteiger partial charge in [0.05, 0.1) is 13.2 Å². The molecule has 0 unspecified atom stereocenters. The molecular weight excluding hydrogens is 158 g/mol. The highest BCUT2D eigenvalue weighted by Crippen LogP contribution is 2.19. The summed E-state index contributed by atoms with van der Waals surface area (Å²) in [6.07, 6.45) is 1.65. The number of aliphatic hydroxyl groups is 2. The van der Waals surface area contributed by atoms with Crippen LogP contribution in [0.5, 0.6) is 0 Å². The fourth-order valence-electron chi connectivity index (χ4n) is 1.47. The van der Waals surface area contributed by atoms with Gasteiger partial charge in [-0.3, -0.25) is 0 Å². The lowest BCUT2D eigenvalue weighted by Gasteiger charge is -2.36. The Morgan fingerprint density at radius 2 is 1.92 bits per heavy atom. The van der Waals surface area contributed by atoms with E-state index in [0.29, 0.717) is 19.8 Å². The third-order valence-corrected chi connectivity index (χ3v) is 2.36. The average Bonchev–Trinajstić information content (AvgIpc) is 2.16. The maximum absolute atomic E-state index is 9.17. The number of ether oxygens (including phenoxy) is 1. The first kappa shape index (κ1) is 9.92. The van der Waals surface area contributed by atoms with Gasteiger partial charge in [0, 0.05) is 25.3 Å². The number of hydrogen-bond acceptors (Lipinski definition) is 4. The van der Waals surface area contributed by atoms with Gasteiger partial charge in [0.2, 0.25) is 0 Å². The van der Waals surface area contributed by atoms with Crippen molar-refractivity contribution in [3.05, 3.63) is 0 Å². The molecule has 0 atom stereocenters. The van der Waals surface area contributed by atoms with Gasteiger partial charge in [0.25, 0.3) is 0 Å². The Bertz CT molecular complexity index is 123. The monoisotopic (exact) mass is 175 g/mol.